The predicted molar refractivity (Wildman–Crippen MR) is 85.4 cm³/mol. The van der Waals surface area contributed by atoms with Gasteiger partial charge in [-0.1, -0.05) is 63.2 Å². The summed E-state index contributed by atoms with van der Waals surface area (Å²) in [5, 5.41) is 11.8. The van der Waals surface area contributed by atoms with Crippen LogP contribution in [0.4, 0.5) is 0 Å². The van der Waals surface area contributed by atoms with Gasteiger partial charge >= 0.3 is 0 Å². The summed E-state index contributed by atoms with van der Waals surface area (Å²) in [4.78, 5) is 0. The third kappa shape index (κ3) is 2.59. The maximum absolute atomic E-state index is 10.7. The highest BCUT2D eigenvalue weighted by molar-refractivity contribution is 5.77. The molecule has 108 valence electrons. The maximum Gasteiger partial charge on any atom is 0.138 e. The van der Waals surface area contributed by atoms with Crippen LogP contribution in [0.3, 0.4) is 0 Å². The fourth-order valence-electron chi connectivity index (χ4n) is 2.71. The Kier molecular flexibility index (Phi) is 3.34. The minimum atomic E-state index is -0.743. The van der Waals surface area contributed by atoms with Gasteiger partial charge in [0.25, 0.3) is 0 Å². The Morgan fingerprint density at radius 1 is 0.952 bits per heavy atom. The molecule has 0 aliphatic carbocycles. The summed E-state index contributed by atoms with van der Waals surface area (Å²) in [6.45, 7) is 6.45. The molecule has 1 heterocycles. The van der Waals surface area contributed by atoms with Crippen molar-refractivity contribution in [1.82, 2.24) is 0 Å². The number of benzene rings is 2. The average molecular weight is 280 g/mol. The van der Waals surface area contributed by atoms with Crippen molar-refractivity contribution >= 4 is 11.0 Å². The van der Waals surface area contributed by atoms with Gasteiger partial charge < -0.3 is 9.52 Å². The Labute approximate surface area is 125 Å². The molecule has 0 aliphatic rings. The van der Waals surface area contributed by atoms with Crippen LogP contribution in [0.1, 0.15) is 43.8 Å². The van der Waals surface area contributed by atoms with Crippen molar-refractivity contribution in [2.75, 3.05) is 0 Å². The minimum Gasteiger partial charge on any atom is -0.458 e. The van der Waals surface area contributed by atoms with Crippen molar-refractivity contribution in [3.8, 4) is 0 Å². The van der Waals surface area contributed by atoms with Gasteiger partial charge in [-0.05, 0) is 28.7 Å². The van der Waals surface area contributed by atoms with Crippen LogP contribution in [0.15, 0.2) is 59.0 Å². The van der Waals surface area contributed by atoms with E-state index in [0.717, 1.165) is 22.1 Å². The molecule has 1 aromatic heterocycles. The number of fused-ring (bicyclic) bond motifs is 1. The molecule has 0 spiro atoms. The predicted octanol–water partition coefficient (Wildman–Crippen LogP) is 4.81. The van der Waals surface area contributed by atoms with Crippen LogP contribution in [-0.2, 0) is 5.41 Å². The number of aliphatic hydroxyl groups is 1. The first kappa shape index (κ1) is 13.9. The zero-order chi connectivity index (χ0) is 15.0. The van der Waals surface area contributed by atoms with Crippen molar-refractivity contribution in [3.63, 3.8) is 0 Å². The van der Waals surface area contributed by atoms with E-state index < -0.39 is 6.10 Å². The second kappa shape index (κ2) is 5.05. The molecule has 1 atom stereocenters. The van der Waals surface area contributed by atoms with Crippen LogP contribution in [0.25, 0.3) is 11.0 Å². The van der Waals surface area contributed by atoms with Crippen LogP contribution in [-0.4, -0.2) is 5.11 Å². The number of hydrogen-bond acceptors (Lipinski definition) is 2. The van der Waals surface area contributed by atoms with Gasteiger partial charge in [-0.15, -0.1) is 0 Å². The van der Waals surface area contributed by atoms with Crippen molar-refractivity contribution in [1.29, 1.82) is 0 Å². The summed E-state index contributed by atoms with van der Waals surface area (Å²) < 4.78 is 5.80. The molecule has 0 aliphatic heterocycles. The van der Waals surface area contributed by atoms with E-state index in [-0.39, 0.29) is 5.41 Å². The maximum atomic E-state index is 10.7. The van der Waals surface area contributed by atoms with E-state index >= 15 is 0 Å². The molecule has 0 saturated carbocycles. The molecule has 0 radical (unpaired) electrons. The summed E-state index contributed by atoms with van der Waals surface area (Å²) in [5.41, 5.74) is 2.82. The Morgan fingerprint density at radius 3 is 2.33 bits per heavy atom. The molecule has 2 aromatic carbocycles. The highest BCUT2D eigenvalue weighted by atomic mass is 16.4. The van der Waals surface area contributed by atoms with Crippen molar-refractivity contribution in [2.45, 2.75) is 32.3 Å². The lowest BCUT2D eigenvalue weighted by Gasteiger charge is -2.24. The lowest BCUT2D eigenvalue weighted by Crippen LogP contribution is -2.16. The standard InChI is InChI=1S/C19H20O2/c1-19(2,3)15-10-6-5-9-14(15)18(20)17-12-13-8-4-7-11-16(13)21-17/h4-12,18,20H,1-3H3. The van der Waals surface area contributed by atoms with E-state index in [4.69, 9.17) is 4.42 Å². The molecule has 1 unspecified atom stereocenters. The Hall–Kier alpha value is -2.06. The van der Waals surface area contributed by atoms with Crippen molar-refractivity contribution in [2.24, 2.45) is 0 Å². The Balaban J connectivity index is 2.08. The Bertz CT molecular complexity index is 729. The van der Waals surface area contributed by atoms with Crippen LogP contribution >= 0.6 is 0 Å². The molecular weight excluding hydrogens is 260 g/mol. The van der Waals surface area contributed by atoms with Crippen LogP contribution in [0.5, 0.6) is 0 Å². The monoisotopic (exact) mass is 280 g/mol. The second-order valence-corrected chi connectivity index (χ2v) is 6.43. The largest absolute Gasteiger partial charge is 0.458 e. The number of aliphatic hydroxyl groups excluding tert-OH is 1. The molecule has 3 rings (SSSR count). The molecule has 3 aromatic rings. The van der Waals surface area contributed by atoms with Gasteiger partial charge in [0.2, 0.25) is 0 Å². The second-order valence-electron chi connectivity index (χ2n) is 6.43. The van der Waals surface area contributed by atoms with E-state index in [1.165, 1.54) is 0 Å². The molecular formula is C19H20O2. The van der Waals surface area contributed by atoms with E-state index in [9.17, 15) is 5.11 Å². The average Bonchev–Trinajstić information content (AvgIpc) is 2.89. The van der Waals surface area contributed by atoms with E-state index in [0.29, 0.717) is 5.76 Å². The number of para-hydroxylation sites is 1. The third-order valence-corrected chi connectivity index (χ3v) is 3.78. The van der Waals surface area contributed by atoms with Crippen molar-refractivity contribution in [3.05, 3.63) is 71.5 Å². The first-order chi connectivity index (χ1) is 9.97. The van der Waals surface area contributed by atoms with E-state index in [1.807, 2.05) is 48.5 Å². The van der Waals surface area contributed by atoms with Gasteiger partial charge in [0.15, 0.2) is 0 Å². The summed E-state index contributed by atoms with van der Waals surface area (Å²) in [5.74, 6) is 0.591. The topological polar surface area (TPSA) is 33.4 Å². The molecule has 2 nitrogen and oxygen atoms in total. The fraction of sp³-hybridized carbons (Fsp3) is 0.263. The Morgan fingerprint density at radius 2 is 1.62 bits per heavy atom. The van der Waals surface area contributed by atoms with Crippen LogP contribution in [0.2, 0.25) is 0 Å². The van der Waals surface area contributed by atoms with Gasteiger partial charge in [-0.2, -0.15) is 0 Å². The summed E-state index contributed by atoms with van der Waals surface area (Å²) in [6, 6.07) is 17.7. The zero-order valence-electron chi connectivity index (χ0n) is 12.6. The SMILES string of the molecule is CC(C)(C)c1ccccc1C(O)c1cc2ccccc2o1. The van der Waals surface area contributed by atoms with Gasteiger partial charge in [0, 0.05) is 5.39 Å². The normalized spacial score (nSPS) is 13.5. The van der Waals surface area contributed by atoms with Gasteiger partial charge in [0.05, 0.1) is 0 Å². The van der Waals surface area contributed by atoms with Crippen LogP contribution in [0, 0.1) is 0 Å². The molecule has 2 heteroatoms. The number of rotatable bonds is 2. The lowest BCUT2D eigenvalue weighted by atomic mass is 9.82. The van der Waals surface area contributed by atoms with Crippen LogP contribution < -0.4 is 0 Å². The molecule has 0 amide bonds. The highest BCUT2D eigenvalue weighted by Gasteiger charge is 2.24. The molecule has 0 fully saturated rings. The van der Waals surface area contributed by atoms with Crippen molar-refractivity contribution < 1.29 is 9.52 Å². The molecule has 0 saturated heterocycles. The van der Waals surface area contributed by atoms with E-state index in [2.05, 4.69) is 26.8 Å². The highest BCUT2D eigenvalue weighted by Crippen LogP contribution is 2.34. The summed E-state index contributed by atoms with van der Waals surface area (Å²) >= 11 is 0. The quantitative estimate of drug-likeness (QED) is 0.730. The fourth-order valence-corrected chi connectivity index (χ4v) is 2.71. The zero-order valence-corrected chi connectivity index (χ0v) is 12.6. The smallest absolute Gasteiger partial charge is 0.138 e. The summed E-state index contributed by atoms with van der Waals surface area (Å²) in [7, 11) is 0. The first-order valence-electron chi connectivity index (χ1n) is 7.23. The van der Waals surface area contributed by atoms with Gasteiger partial charge in [-0.25, -0.2) is 0 Å². The van der Waals surface area contributed by atoms with Gasteiger partial charge in [-0.3, -0.25) is 0 Å². The summed E-state index contributed by atoms with van der Waals surface area (Å²) in [6.07, 6.45) is -0.743. The molecule has 0 bridgehead atoms. The van der Waals surface area contributed by atoms with E-state index in [1.54, 1.807) is 0 Å². The number of hydrogen-bond donors (Lipinski definition) is 1. The molecule has 1 N–H and O–H groups in total. The lowest BCUT2D eigenvalue weighted by molar-refractivity contribution is 0.190. The third-order valence-electron chi connectivity index (χ3n) is 3.78. The first-order valence-corrected chi connectivity index (χ1v) is 7.23. The molecule has 21 heavy (non-hydrogen) atoms. The number of furan rings is 1. The van der Waals surface area contributed by atoms with Gasteiger partial charge in [0.1, 0.15) is 17.4 Å². The minimum absolute atomic E-state index is 0.0242.